The Balaban J connectivity index is 1.86. The first-order valence-electron chi connectivity index (χ1n) is 6.41. The normalized spacial score (nSPS) is 15.7. The Labute approximate surface area is 113 Å². The molecule has 0 bridgehead atoms. The van der Waals surface area contributed by atoms with Gasteiger partial charge in [-0.25, -0.2) is 4.79 Å². The van der Waals surface area contributed by atoms with E-state index in [0.29, 0.717) is 17.6 Å². The van der Waals surface area contributed by atoms with E-state index in [2.05, 4.69) is 5.32 Å². The van der Waals surface area contributed by atoms with Gasteiger partial charge in [-0.3, -0.25) is 0 Å². The van der Waals surface area contributed by atoms with Crippen molar-refractivity contribution in [1.29, 1.82) is 0 Å². The molecule has 2 rings (SSSR count). The summed E-state index contributed by atoms with van der Waals surface area (Å²) in [6, 6.07) is 7.97. The highest BCUT2D eigenvalue weighted by Gasteiger charge is 2.19. The number of carbonyl (C=O) groups excluding carboxylic acids is 1. The van der Waals surface area contributed by atoms with Gasteiger partial charge in [-0.05, 0) is 30.5 Å². The van der Waals surface area contributed by atoms with Gasteiger partial charge in [0, 0.05) is 24.7 Å². The van der Waals surface area contributed by atoms with E-state index in [9.17, 15) is 4.79 Å². The lowest BCUT2D eigenvalue weighted by atomic mass is 10.2. The smallest absolute Gasteiger partial charge is 0.317 e. The van der Waals surface area contributed by atoms with Crippen molar-refractivity contribution in [3.8, 4) is 0 Å². The molecule has 1 aliphatic rings. The van der Waals surface area contributed by atoms with Crippen molar-refractivity contribution in [3.63, 3.8) is 0 Å². The lowest BCUT2D eigenvalue weighted by Crippen LogP contribution is -2.41. The minimum Gasteiger partial charge on any atom is -0.335 e. The molecule has 0 saturated heterocycles. The van der Waals surface area contributed by atoms with Crippen LogP contribution in [0.15, 0.2) is 24.3 Å². The minimum atomic E-state index is 0.00174. The molecule has 2 amide bonds. The Morgan fingerprint density at radius 3 is 2.83 bits per heavy atom. The number of halogens is 1. The summed E-state index contributed by atoms with van der Waals surface area (Å²) >= 11 is 5.93. The third-order valence-electron chi connectivity index (χ3n) is 3.34. The van der Waals surface area contributed by atoms with Gasteiger partial charge >= 0.3 is 6.03 Å². The van der Waals surface area contributed by atoms with Crippen LogP contribution in [0.2, 0.25) is 5.02 Å². The molecule has 98 valence electrons. The molecule has 0 aliphatic heterocycles. The largest absolute Gasteiger partial charge is 0.335 e. The molecule has 1 aromatic carbocycles. The van der Waals surface area contributed by atoms with Crippen molar-refractivity contribution in [3.05, 3.63) is 34.9 Å². The standard InChI is InChI=1S/C14H19ClN2O/c1-17(10-11-5-4-6-12(15)9-11)14(18)16-13-7-2-3-8-13/h4-6,9,13H,2-3,7-8,10H2,1H3,(H,16,18). The zero-order valence-electron chi connectivity index (χ0n) is 10.7. The van der Waals surface area contributed by atoms with Crippen LogP contribution >= 0.6 is 11.6 Å². The molecule has 0 spiro atoms. The highest BCUT2D eigenvalue weighted by molar-refractivity contribution is 6.30. The second kappa shape index (κ2) is 6.10. The number of hydrogen-bond donors (Lipinski definition) is 1. The number of rotatable bonds is 3. The van der Waals surface area contributed by atoms with E-state index in [1.807, 2.05) is 31.3 Å². The van der Waals surface area contributed by atoms with Crippen molar-refractivity contribution in [2.75, 3.05) is 7.05 Å². The first-order valence-corrected chi connectivity index (χ1v) is 6.79. The third-order valence-corrected chi connectivity index (χ3v) is 3.57. The molecule has 1 N–H and O–H groups in total. The average Bonchev–Trinajstić information content (AvgIpc) is 2.81. The van der Waals surface area contributed by atoms with Crippen LogP contribution in [0, 0.1) is 0 Å². The van der Waals surface area contributed by atoms with Crippen LogP contribution < -0.4 is 5.32 Å². The molecule has 0 unspecified atom stereocenters. The summed E-state index contributed by atoms with van der Waals surface area (Å²) in [5, 5.41) is 3.77. The summed E-state index contributed by atoms with van der Waals surface area (Å²) in [5.41, 5.74) is 1.05. The number of urea groups is 1. The fourth-order valence-corrected chi connectivity index (χ4v) is 2.55. The highest BCUT2D eigenvalue weighted by Crippen LogP contribution is 2.18. The third kappa shape index (κ3) is 3.64. The summed E-state index contributed by atoms with van der Waals surface area (Å²) < 4.78 is 0. The van der Waals surface area contributed by atoms with E-state index in [1.165, 1.54) is 12.8 Å². The molecule has 1 fully saturated rings. The number of nitrogens with one attached hydrogen (secondary N) is 1. The fraction of sp³-hybridized carbons (Fsp3) is 0.500. The number of carbonyl (C=O) groups is 1. The average molecular weight is 267 g/mol. The molecule has 4 heteroatoms. The second-order valence-electron chi connectivity index (χ2n) is 4.92. The monoisotopic (exact) mass is 266 g/mol. The molecule has 1 saturated carbocycles. The Bertz CT molecular complexity index is 416. The van der Waals surface area contributed by atoms with Gasteiger partial charge in [0.2, 0.25) is 0 Å². The van der Waals surface area contributed by atoms with Crippen LogP contribution in [0.4, 0.5) is 4.79 Å². The molecular formula is C14H19ClN2O. The predicted octanol–water partition coefficient (Wildman–Crippen LogP) is 3.42. The molecule has 3 nitrogen and oxygen atoms in total. The zero-order chi connectivity index (χ0) is 13.0. The second-order valence-corrected chi connectivity index (χ2v) is 5.35. The molecule has 18 heavy (non-hydrogen) atoms. The van der Waals surface area contributed by atoms with E-state index in [0.717, 1.165) is 18.4 Å². The molecule has 1 aliphatic carbocycles. The highest BCUT2D eigenvalue weighted by atomic mass is 35.5. The van der Waals surface area contributed by atoms with Crippen molar-refractivity contribution in [2.45, 2.75) is 38.3 Å². The number of hydrogen-bond acceptors (Lipinski definition) is 1. The van der Waals surface area contributed by atoms with Crippen LogP contribution in [-0.4, -0.2) is 24.0 Å². The number of benzene rings is 1. The van der Waals surface area contributed by atoms with Gasteiger partial charge in [-0.1, -0.05) is 36.6 Å². The molecular weight excluding hydrogens is 248 g/mol. The van der Waals surface area contributed by atoms with E-state index in [-0.39, 0.29) is 6.03 Å². The summed E-state index contributed by atoms with van der Waals surface area (Å²) in [5.74, 6) is 0. The maximum absolute atomic E-state index is 12.0. The lowest BCUT2D eigenvalue weighted by Gasteiger charge is -2.21. The van der Waals surface area contributed by atoms with Gasteiger partial charge in [0.1, 0.15) is 0 Å². The van der Waals surface area contributed by atoms with Gasteiger partial charge in [0.15, 0.2) is 0 Å². The molecule has 0 heterocycles. The van der Waals surface area contributed by atoms with E-state index >= 15 is 0 Å². The maximum Gasteiger partial charge on any atom is 0.317 e. The predicted molar refractivity (Wildman–Crippen MR) is 73.7 cm³/mol. The van der Waals surface area contributed by atoms with Crippen molar-refractivity contribution in [2.24, 2.45) is 0 Å². The lowest BCUT2D eigenvalue weighted by molar-refractivity contribution is 0.203. The molecule has 0 atom stereocenters. The van der Waals surface area contributed by atoms with Gasteiger partial charge in [0.05, 0.1) is 0 Å². The van der Waals surface area contributed by atoms with Gasteiger partial charge < -0.3 is 10.2 Å². The van der Waals surface area contributed by atoms with Crippen LogP contribution in [-0.2, 0) is 6.54 Å². The van der Waals surface area contributed by atoms with Crippen molar-refractivity contribution < 1.29 is 4.79 Å². The first-order chi connectivity index (χ1) is 8.65. The van der Waals surface area contributed by atoms with Crippen LogP contribution in [0.25, 0.3) is 0 Å². The Morgan fingerprint density at radius 2 is 2.17 bits per heavy atom. The summed E-state index contributed by atoms with van der Waals surface area (Å²) in [6.07, 6.45) is 4.67. The maximum atomic E-state index is 12.0. The van der Waals surface area contributed by atoms with Gasteiger partial charge in [-0.2, -0.15) is 0 Å². The Kier molecular flexibility index (Phi) is 4.48. The number of nitrogens with zero attached hydrogens (tertiary/aromatic N) is 1. The number of amides is 2. The topological polar surface area (TPSA) is 32.3 Å². The molecule has 0 radical (unpaired) electrons. The summed E-state index contributed by atoms with van der Waals surface area (Å²) in [6.45, 7) is 0.582. The van der Waals surface area contributed by atoms with Crippen molar-refractivity contribution >= 4 is 17.6 Å². The van der Waals surface area contributed by atoms with E-state index in [4.69, 9.17) is 11.6 Å². The molecule has 1 aromatic rings. The fourth-order valence-electron chi connectivity index (χ4n) is 2.34. The van der Waals surface area contributed by atoms with Gasteiger partial charge in [-0.15, -0.1) is 0 Å². The van der Waals surface area contributed by atoms with Crippen LogP contribution in [0.3, 0.4) is 0 Å². The molecule has 0 aromatic heterocycles. The SMILES string of the molecule is CN(Cc1cccc(Cl)c1)C(=O)NC1CCCC1. The van der Waals surface area contributed by atoms with Crippen LogP contribution in [0.5, 0.6) is 0 Å². The van der Waals surface area contributed by atoms with E-state index < -0.39 is 0 Å². The van der Waals surface area contributed by atoms with Crippen LogP contribution in [0.1, 0.15) is 31.2 Å². The minimum absolute atomic E-state index is 0.00174. The Hall–Kier alpha value is -1.22. The quantitative estimate of drug-likeness (QED) is 0.893. The van der Waals surface area contributed by atoms with Gasteiger partial charge in [0.25, 0.3) is 0 Å². The van der Waals surface area contributed by atoms with Crippen molar-refractivity contribution in [1.82, 2.24) is 10.2 Å². The Morgan fingerprint density at radius 1 is 1.44 bits per heavy atom. The zero-order valence-corrected chi connectivity index (χ0v) is 11.4. The summed E-state index contributed by atoms with van der Waals surface area (Å²) in [7, 11) is 1.81. The summed E-state index contributed by atoms with van der Waals surface area (Å²) in [4.78, 5) is 13.7. The first kappa shape index (κ1) is 13.2. The van der Waals surface area contributed by atoms with E-state index in [1.54, 1.807) is 4.90 Å².